The maximum Gasteiger partial charge on any atom is 1.00 e. The SMILES string of the molecule is O=C(O)C(O)C(O)C(=O)O.O=C(O)C(O)C(O)C(=O)O.O=C(O)C(O)C(O)C(=O)O.O=C(O)C(O)C(O)C(=O)O.O=C(O)C(O)C(O)C(=O)O.O=C(O)C(O)C(O)C(=O)O.O=C(O)C(O)C(O)C(=O)O.O=C(O)C(O)C(O)C(=O)O.[Na+].[Na+].[Na+].[Na+].[Na+].[Na+].[Na+].[Na+].[Na+].[Na+].[Na+].[Na+].[Na+].[Na+].[Na+].[Na+].[Na+].[Na+].[Na+].[Na+].[Na+].[Na+].[Na+].[Na+].[Na+].[Na+].[Na+].[Na+].[Na+].[Na+].[Na+].[Na+].[Na+].[Na+].[Na+].[Na+].[Na+].[Na+].[Na+].[Na+].[Na+].[Na+].[Na+].[Na+].[Na+].[Na+].[Na+].[Na+].[Na+].[Na+].[Na+].[Na+].[Na+].[Na+].[Na+].[Na+].[Na+].[Na+].[Na+].[Na+].[Na+].[Na+].[Na+].[Na+].[Na+].[Na+]. The van der Waals surface area contributed by atoms with Gasteiger partial charge in [0.1, 0.15) is 0 Å². The molecule has 0 spiro atoms. The van der Waals surface area contributed by atoms with Crippen LogP contribution in [0.4, 0.5) is 0 Å². The van der Waals surface area contributed by atoms with Gasteiger partial charge in [-0.3, -0.25) is 0 Å². The molecule has 0 radical (unpaired) electrons. The first-order chi connectivity index (χ1) is 35.7. The maximum atomic E-state index is 9.77. The molecule has 16 atom stereocenters. The molecule has 0 heterocycles. The molecule has 0 saturated carbocycles. The minimum absolute atomic E-state index is 0. The number of aliphatic hydroxyl groups excluding tert-OH is 16. The summed E-state index contributed by atoms with van der Waals surface area (Å²) in [4.78, 5) is 156. The predicted molar refractivity (Wildman–Crippen MR) is 218 cm³/mol. The third kappa shape index (κ3) is 343. The number of hydrogen-bond acceptors (Lipinski definition) is 32. The second kappa shape index (κ2) is 349. The topological polar surface area (TPSA) is 920 Å². The van der Waals surface area contributed by atoms with E-state index in [1.165, 1.54) is 0 Å². The third-order valence-corrected chi connectivity index (χ3v) is 6.44. The Balaban J connectivity index is -0.00000000529. The van der Waals surface area contributed by atoms with E-state index in [-0.39, 0.29) is 1950 Å². The summed E-state index contributed by atoms with van der Waals surface area (Å²) in [5.41, 5.74) is 0. The second-order valence-corrected chi connectivity index (χ2v) is 12.5. The third-order valence-electron chi connectivity index (χ3n) is 6.44. The Kier molecular flexibility index (Phi) is 1190. The Morgan fingerprint density at radius 2 is 0.0822 bits per heavy atom. The van der Waals surface area contributed by atoms with Crippen LogP contribution in [0.2, 0.25) is 0 Å². The molecule has 0 aliphatic heterocycles. The first kappa shape index (κ1) is 498. The fourth-order valence-corrected chi connectivity index (χ4v) is 2.16. The molecule has 32 N–H and O–H groups in total. The first-order valence-electron chi connectivity index (χ1n) is 18.3. The number of rotatable bonds is 24. The van der Waals surface area contributed by atoms with E-state index in [1.807, 2.05) is 0 Å². The summed E-state index contributed by atoms with van der Waals surface area (Å²) in [5.74, 6) is -28.3. The molecule has 0 rings (SSSR count). The molecule has 0 bridgehead atoms. The van der Waals surface area contributed by atoms with Gasteiger partial charge in [0.2, 0.25) is 0 Å². The van der Waals surface area contributed by atoms with Gasteiger partial charge >= 0.3 is 2050 Å². The van der Waals surface area contributed by atoms with Gasteiger partial charge in [-0.1, -0.05) is 0 Å². The zero-order valence-corrected chi connectivity index (χ0v) is 236. The Bertz CT molecular complexity index is 1650. The van der Waals surface area contributed by atoms with Crippen molar-refractivity contribution < 1.29 is 2190 Å². The van der Waals surface area contributed by atoms with Gasteiger partial charge in [0.15, 0.2) is 97.7 Å². The van der Waals surface area contributed by atoms with Crippen molar-refractivity contribution in [1.82, 2.24) is 0 Å². The van der Waals surface area contributed by atoms with Crippen molar-refractivity contribution in [3.63, 3.8) is 0 Å². The zero-order chi connectivity index (χ0) is 66.5. The average Bonchev–Trinajstić information content (AvgIpc) is 3.35. The van der Waals surface area contributed by atoms with Crippen LogP contribution in [0, 0.1) is 0 Å². The molecule has 464 valence electrons. The predicted octanol–water partition coefficient (Wildman–Crippen LogP) is -215. The summed E-state index contributed by atoms with van der Waals surface area (Å²) in [6, 6.07) is 0. The standard InChI is InChI=1S/8C4H6O6.66Na/c8*5-1(3(7)8)2(6)4(9)10;;;;;;;;;;;;;;;;;;;;;;;;;;;;;;;;;;;;;;;;;;;;;;;;;;;;;;;;;;;;;;;;;;/h8*1-2,5-6H,(H,7,8)(H,9,10);;;;;;;;;;;;;;;;;;;;;;;;;;;;;;;;;;;;;;;;;;;;;;;;;;;;;;;;;;;;;;;;;;/q;;;;;;;;66*+1. The second-order valence-electron chi connectivity index (χ2n) is 12.5. The Labute approximate surface area is 2310 Å². The fourth-order valence-electron chi connectivity index (χ4n) is 2.16. The fraction of sp³-hybridized carbons (Fsp3) is 0.500. The summed E-state index contributed by atoms with van der Waals surface area (Å²) >= 11 is 0. The van der Waals surface area contributed by atoms with Crippen LogP contribution in [0.5, 0.6) is 0 Å². The summed E-state index contributed by atoms with van der Waals surface area (Å²) in [5, 5.41) is 260. The summed E-state index contributed by atoms with van der Waals surface area (Å²) in [7, 11) is 0. The van der Waals surface area contributed by atoms with Crippen LogP contribution in [0.15, 0.2) is 0 Å². The first-order valence-corrected chi connectivity index (χ1v) is 18.3. The van der Waals surface area contributed by atoms with Crippen molar-refractivity contribution in [2.75, 3.05) is 0 Å². The molecular formula is C32H48Na66O48+66. The van der Waals surface area contributed by atoms with Crippen LogP contribution in [-0.2, 0) is 76.7 Å². The Hall–Kier alpha value is 56.9. The van der Waals surface area contributed by atoms with Crippen molar-refractivity contribution in [2.45, 2.75) is 97.7 Å². The Morgan fingerprint density at radius 1 is 0.0685 bits per heavy atom. The molecule has 0 fully saturated rings. The molecule has 0 aromatic heterocycles. The smallest absolute Gasteiger partial charge is 0.479 e. The van der Waals surface area contributed by atoms with E-state index in [0.717, 1.165) is 0 Å². The number of carboxylic acid groups (broad SMARTS) is 16. The average molecular weight is 2720 g/mol. The van der Waals surface area contributed by atoms with E-state index in [2.05, 4.69) is 0 Å². The molecule has 0 aromatic carbocycles. The molecule has 0 amide bonds. The van der Waals surface area contributed by atoms with E-state index >= 15 is 0 Å². The minimum atomic E-state index is -2.27. The van der Waals surface area contributed by atoms with Crippen molar-refractivity contribution in [3.05, 3.63) is 0 Å². The van der Waals surface area contributed by atoms with Gasteiger partial charge in [0.25, 0.3) is 0 Å². The van der Waals surface area contributed by atoms with Crippen LogP contribution in [0.25, 0.3) is 0 Å². The van der Waals surface area contributed by atoms with E-state index in [4.69, 9.17) is 163 Å². The maximum absolute atomic E-state index is 9.77. The van der Waals surface area contributed by atoms with Crippen LogP contribution < -0.4 is 1950 Å². The van der Waals surface area contributed by atoms with Gasteiger partial charge in [-0.05, 0) is 0 Å². The van der Waals surface area contributed by atoms with Crippen LogP contribution in [0.1, 0.15) is 0 Å². The molecule has 114 heteroatoms. The molecule has 0 aliphatic carbocycles. The van der Waals surface area contributed by atoms with E-state index in [9.17, 15) is 76.7 Å². The van der Waals surface area contributed by atoms with Crippen molar-refractivity contribution in [2.24, 2.45) is 0 Å². The van der Waals surface area contributed by atoms with Gasteiger partial charge in [-0.2, -0.15) is 0 Å². The zero-order valence-electron chi connectivity index (χ0n) is 104. The van der Waals surface area contributed by atoms with Crippen molar-refractivity contribution in [1.29, 1.82) is 0 Å². The number of carboxylic acids is 16. The normalized spacial score (nSPS) is 8.66. The van der Waals surface area contributed by atoms with Crippen LogP contribution in [0.3, 0.4) is 0 Å². The van der Waals surface area contributed by atoms with Crippen LogP contribution >= 0.6 is 0 Å². The van der Waals surface area contributed by atoms with E-state index in [0.29, 0.717) is 0 Å². The molecule has 16 unspecified atom stereocenters. The monoisotopic (exact) mass is 2720 g/mol. The van der Waals surface area contributed by atoms with Crippen molar-refractivity contribution in [3.8, 4) is 0 Å². The van der Waals surface area contributed by atoms with Gasteiger partial charge < -0.3 is 163 Å². The number of aliphatic hydroxyl groups is 16. The molecule has 0 aromatic rings. The Morgan fingerprint density at radius 3 is 0.0890 bits per heavy atom. The van der Waals surface area contributed by atoms with Gasteiger partial charge in [0.05, 0.1) is 0 Å². The van der Waals surface area contributed by atoms with E-state index < -0.39 is 193 Å². The molecule has 0 aliphatic rings. The van der Waals surface area contributed by atoms with Crippen molar-refractivity contribution >= 4 is 95.5 Å². The number of hydrogen-bond donors (Lipinski definition) is 32. The summed E-state index contributed by atoms with van der Waals surface area (Å²) in [6.45, 7) is 0. The van der Waals surface area contributed by atoms with E-state index in [1.54, 1.807) is 0 Å². The number of carbonyl (C=O) groups is 16. The number of aliphatic carboxylic acids is 16. The largest absolute Gasteiger partial charge is 1.00 e. The minimum Gasteiger partial charge on any atom is -0.479 e. The van der Waals surface area contributed by atoms with Crippen LogP contribution in [-0.4, -0.2) is 357 Å². The summed E-state index contributed by atoms with van der Waals surface area (Å²) < 4.78 is 0. The van der Waals surface area contributed by atoms with Gasteiger partial charge in [-0.25, -0.2) is 76.7 Å². The molecule has 0 saturated heterocycles. The molecule has 48 nitrogen and oxygen atoms in total. The van der Waals surface area contributed by atoms with Gasteiger partial charge in [-0.15, -0.1) is 0 Å². The quantitative estimate of drug-likeness (QED) is 0.0399. The summed E-state index contributed by atoms with van der Waals surface area (Å²) in [6.07, 6.45) is -36.3. The molecular weight excluding hydrogens is 2670 g/mol. The molecule has 146 heavy (non-hydrogen) atoms. The van der Waals surface area contributed by atoms with Gasteiger partial charge in [0, 0.05) is 0 Å².